The number of benzene rings is 1. The lowest BCUT2D eigenvalue weighted by Gasteiger charge is -2.06. The van der Waals surface area contributed by atoms with Gasteiger partial charge < -0.3 is 15.2 Å². The molecular formula is C11H13NO3. The molecule has 2 N–H and O–H groups in total. The average Bonchev–Trinajstić information content (AvgIpc) is 2.70. The number of fused-ring (bicyclic) bond motifs is 1. The first kappa shape index (κ1) is 9.98. The Hall–Kier alpha value is -1.55. The number of esters is 1. The highest BCUT2D eigenvalue weighted by molar-refractivity contribution is 5.76. The van der Waals surface area contributed by atoms with E-state index < -0.39 is 6.10 Å². The highest BCUT2D eigenvalue weighted by atomic mass is 16.6. The Morgan fingerprint density at radius 2 is 2.47 bits per heavy atom. The molecule has 80 valence electrons. The topological polar surface area (TPSA) is 61.5 Å². The summed E-state index contributed by atoms with van der Waals surface area (Å²) in [5.74, 6) is 0.420. The third-order valence-electron chi connectivity index (χ3n) is 2.50. The summed E-state index contributed by atoms with van der Waals surface area (Å²) in [6, 6.07) is 5.72. The lowest BCUT2D eigenvalue weighted by Crippen LogP contribution is -2.26. The number of methoxy groups -OCH3 is 1. The smallest absolute Gasteiger partial charge is 0.347 e. The predicted octanol–water partition coefficient (Wildman–Crippen LogP) is 0.622. The quantitative estimate of drug-likeness (QED) is 0.722. The zero-order valence-corrected chi connectivity index (χ0v) is 8.53. The normalized spacial score (nSPS) is 18.1. The fourth-order valence-corrected chi connectivity index (χ4v) is 1.69. The van der Waals surface area contributed by atoms with Gasteiger partial charge in [-0.3, -0.25) is 0 Å². The summed E-state index contributed by atoms with van der Waals surface area (Å²) in [6.45, 7) is 0.496. The Morgan fingerprint density at radius 3 is 3.13 bits per heavy atom. The van der Waals surface area contributed by atoms with Crippen LogP contribution in [0.4, 0.5) is 0 Å². The molecule has 0 aliphatic carbocycles. The van der Waals surface area contributed by atoms with Crippen LogP contribution in [0.2, 0.25) is 0 Å². The second-order valence-electron chi connectivity index (χ2n) is 3.48. The van der Waals surface area contributed by atoms with Gasteiger partial charge in [0.05, 0.1) is 7.11 Å². The van der Waals surface area contributed by atoms with E-state index in [-0.39, 0.29) is 5.97 Å². The minimum absolute atomic E-state index is 0.333. The van der Waals surface area contributed by atoms with Crippen LogP contribution in [-0.2, 0) is 22.5 Å². The van der Waals surface area contributed by atoms with Gasteiger partial charge in [0.1, 0.15) is 5.75 Å². The summed E-state index contributed by atoms with van der Waals surface area (Å²) >= 11 is 0. The molecule has 15 heavy (non-hydrogen) atoms. The molecule has 0 bridgehead atoms. The number of nitrogens with two attached hydrogens (primary N) is 1. The molecule has 4 heteroatoms. The number of carbonyl (C=O) groups excluding carboxylic acids is 1. The largest absolute Gasteiger partial charge is 0.478 e. The van der Waals surface area contributed by atoms with Crippen LogP contribution in [0, 0.1) is 0 Å². The zero-order valence-electron chi connectivity index (χ0n) is 8.53. The van der Waals surface area contributed by atoms with Gasteiger partial charge in [0, 0.05) is 13.0 Å². The molecule has 0 fully saturated rings. The van der Waals surface area contributed by atoms with Crippen LogP contribution in [0.3, 0.4) is 0 Å². The molecule has 0 saturated heterocycles. The molecule has 1 heterocycles. The Morgan fingerprint density at radius 1 is 1.67 bits per heavy atom. The Kier molecular flexibility index (Phi) is 2.60. The number of ether oxygens (including phenoxy) is 2. The van der Waals surface area contributed by atoms with Crippen LogP contribution in [-0.4, -0.2) is 19.2 Å². The van der Waals surface area contributed by atoms with Crippen molar-refractivity contribution in [3.8, 4) is 5.75 Å². The first-order valence-corrected chi connectivity index (χ1v) is 4.81. The predicted molar refractivity (Wildman–Crippen MR) is 54.5 cm³/mol. The maximum atomic E-state index is 11.3. The summed E-state index contributed by atoms with van der Waals surface area (Å²) in [7, 11) is 1.36. The van der Waals surface area contributed by atoms with Crippen molar-refractivity contribution >= 4 is 5.97 Å². The van der Waals surface area contributed by atoms with Gasteiger partial charge in [-0.2, -0.15) is 0 Å². The number of hydrogen-bond acceptors (Lipinski definition) is 4. The Labute approximate surface area is 88.0 Å². The summed E-state index contributed by atoms with van der Waals surface area (Å²) in [5, 5.41) is 0. The lowest BCUT2D eigenvalue weighted by molar-refractivity contribution is -0.147. The van der Waals surface area contributed by atoms with Crippen LogP contribution >= 0.6 is 0 Å². The van der Waals surface area contributed by atoms with Crippen LogP contribution in [0.25, 0.3) is 0 Å². The molecule has 1 aromatic rings. The first-order valence-electron chi connectivity index (χ1n) is 4.81. The third kappa shape index (κ3) is 1.80. The van der Waals surface area contributed by atoms with Gasteiger partial charge in [0.2, 0.25) is 0 Å². The molecule has 0 amide bonds. The average molecular weight is 207 g/mol. The zero-order chi connectivity index (χ0) is 10.8. The summed E-state index contributed by atoms with van der Waals surface area (Å²) in [4.78, 5) is 11.3. The van der Waals surface area contributed by atoms with Gasteiger partial charge in [-0.05, 0) is 17.2 Å². The van der Waals surface area contributed by atoms with Crippen LogP contribution in [0.15, 0.2) is 18.2 Å². The fraction of sp³-hybridized carbons (Fsp3) is 0.364. The fourth-order valence-electron chi connectivity index (χ4n) is 1.69. The van der Waals surface area contributed by atoms with Crippen molar-refractivity contribution in [3.63, 3.8) is 0 Å². The first-order chi connectivity index (χ1) is 7.24. The van der Waals surface area contributed by atoms with Gasteiger partial charge >= 0.3 is 5.97 Å². The van der Waals surface area contributed by atoms with E-state index in [1.165, 1.54) is 7.11 Å². The van der Waals surface area contributed by atoms with Gasteiger partial charge in [0.15, 0.2) is 6.10 Å². The number of rotatable bonds is 2. The van der Waals surface area contributed by atoms with E-state index in [9.17, 15) is 4.79 Å². The van der Waals surface area contributed by atoms with Crippen molar-refractivity contribution in [1.82, 2.24) is 0 Å². The van der Waals surface area contributed by atoms with E-state index in [2.05, 4.69) is 4.74 Å². The molecule has 1 aromatic carbocycles. The molecule has 0 spiro atoms. The third-order valence-corrected chi connectivity index (χ3v) is 2.50. The molecule has 4 nitrogen and oxygen atoms in total. The second kappa shape index (κ2) is 3.90. The molecule has 1 aliphatic rings. The minimum atomic E-state index is -0.502. The van der Waals surface area contributed by atoms with Crippen LogP contribution in [0.5, 0.6) is 5.75 Å². The molecule has 2 rings (SSSR count). The van der Waals surface area contributed by atoms with Gasteiger partial charge in [-0.15, -0.1) is 0 Å². The molecule has 0 saturated carbocycles. The number of hydrogen-bond donors (Lipinski definition) is 1. The monoisotopic (exact) mass is 207 g/mol. The van der Waals surface area contributed by atoms with Crippen molar-refractivity contribution in [1.29, 1.82) is 0 Å². The van der Waals surface area contributed by atoms with E-state index in [1.54, 1.807) is 0 Å². The van der Waals surface area contributed by atoms with Crippen molar-refractivity contribution in [2.45, 2.75) is 19.1 Å². The number of carbonyl (C=O) groups is 1. The standard InChI is InChI=1S/C11H13NO3/c1-14-11(13)10-5-8-4-7(6-12)2-3-9(8)15-10/h2-4,10H,5-6,12H2,1H3/t10-/m1/s1. The minimum Gasteiger partial charge on any atom is -0.478 e. The molecule has 1 atom stereocenters. The maximum Gasteiger partial charge on any atom is 0.347 e. The molecule has 0 radical (unpaired) electrons. The molecule has 0 unspecified atom stereocenters. The highest BCUT2D eigenvalue weighted by Gasteiger charge is 2.29. The van der Waals surface area contributed by atoms with Crippen molar-refractivity contribution < 1.29 is 14.3 Å². The molecular weight excluding hydrogens is 194 g/mol. The molecule has 1 aliphatic heterocycles. The summed E-state index contributed by atoms with van der Waals surface area (Å²) < 4.78 is 10.1. The highest BCUT2D eigenvalue weighted by Crippen LogP contribution is 2.29. The maximum absolute atomic E-state index is 11.3. The van der Waals surface area contributed by atoms with Crippen molar-refractivity contribution in [2.24, 2.45) is 5.73 Å². The Balaban J connectivity index is 2.20. The van der Waals surface area contributed by atoms with Crippen molar-refractivity contribution in [3.05, 3.63) is 29.3 Å². The van der Waals surface area contributed by atoms with E-state index in [0.717, 1.165) is 16.9 Å². The summed E-state index contributed by atoms with van der Waals surface area (Å²) in [5.41, 5.74) is 7.60. The van der Waals surface area contributed by atoms with E-state index in [1.807, 2.05) is 18.2 Å². The van der Waals surface area contributed by atoms with E-state index in [0.29, 0.717) is 13.0 Å². The van der Waals surface area contributed by atoms with Gasteiger partial charge in [0.25, 0.3) is 0 Å². The summed E-state index contributed by atoms with van der Waals surface area (Å²) in [6.07, 6.45) is 0.0635. The lowest BCUT2D eigenvalue weighted by atomic mass is 10.1. The second-order valence-corrected chi connectivity index (χ2v) is 3.48. The SMILES string of the molecule is COC(=O)[C@H]1Cc2cc(CN)ccc2O1. The van der Waals surface area contributed by atoms with Gasteiger partial charge in [-0.25, -0.2) is 4.79 Å². The van der Waals surface area contributed by atoms with Crippen LogP contribution < -0.4 is 10.5 Å². The van der Waals surface area contributed by atoms with Crippen molar-refractivity contribution in [2.75, 3.05) is 7.11 Å². The van der Waals surface area contributed by atoms with E-state index >= 15 is 0 Å². The Bertz CT molecular complexity index is 389. The van der Waals surface area contributed by atoms with Gasteiger partial charge in [-0.1, -0.05) is 12.1 Å². The molecule has 0 aromatic heterocycles. The van der Waals surface area contributed by atoms with E-state index in [4.69, 9.17) is 10.5 Å². The van der Waals surface area contributed by atoms with Crippen LogP contribution in [0.1, 0.15) is 11.1 Å².